The number of nitrogens with zero attached hydrogens (tertiary/aromatic N) is 1. The fourth-order valence-corrected chi connectivity index (χ4v) is 3.31. The first-order chi connectivity index (χ1) is 9.40. The molecule has 1 rings (SSSR count). The first-order valence-electron chi connectivity index (χ1n) is 6.54. The molecule has 0 fully saturated rings. The van der Waals surface area contributed by atoms with Crippen LogP contribution in [0.15, 0.2) is 18.2 Å². The van der Waals surface area contributed by atoms with E-state index in [0.717, 1.165) is 11.1 Å². The minimum atomic E-state index is -3.25. The number of alkyl halides is 1. The van der Waals surface area contributed by atoms with Crippen LogP contribution in [0.5, 0.6) is 5.75 Å². The molecule has 0 spiro atoms. The van der Waals surface area contributed by atoms with E-state index in [0.29, 0.717) is 31.0 Å². The number of benzene rings is 1. The number of sulfonamides is 1. The van der Waals surface area contributed by atoms with Gasteiger partial charge in [-0.05, 0) is 25.8 Å². The maximum Gasteiger partial charge on any atom is 0.214 e. The Bertz CT molecular complexity index is 531. The van der Waals surface area contributed by atoms with E-state index in [2.05, 4.69) is 0 Å². The molecule has 0 aliphatic heterocycles. The van der Waals surface area contributed by atoms with Crippen LogP contribution in [0.4, 0.5) is 0 Å². The van der Waals surface area contributed by atoms with E-state index in [1.54, 1.807) is 14.2 Å². The van der Waals surface area contributed by atoms with E-state index >= 15 is 0 Å². The van der Waals surface area contributed by atoms with Gasteiger partial charge in [-0.2, -0.15) is 0 Å². The quantitative estimate of drug-likeness (QED) is 0.547. The third-order valence-electron chi connectivity index (χ3n) is 3.09. The van der Waals surface area contributed by atoms with Crippen LogP contribution in [0.1, 0.15) is 24.0 Å². The van der Waals surface area contributed by atoms with E-state index in [-0.39, 0.29) is 5.75 Å². The Hall–Kier alpha value is -0.780. The highest BCUT2D eigenvalue weighted by Gasteiger charge is 2.19. The molecule has 4 nitrogen and oxygen atoms in total. The Morgan fingerprint density at radius 1 is 1.30 bits per heavy atom. The Morgan fingerprint density at radius 2 is 2.00 bits per heavy atom. The van der Waals surface area contributed by atoms with Crippen LogP contribution in [0, 0.1) is 6.92 Å². The minimum Gasteiger partial charge on any atom is -0.496 e. The average Bonchev–Trinajstić information content (AvgIpc) is 2.39. The summed E-state index contributed by atoms with van der Waals surface area (Å²) in [5.74, 6) is 1.33. The molecule has 0 aliphatic rings. The lowest BCUT2D eigenvalue weighted by atomic mass is 10.1. The van der Waals surface area contributed by atoms with Crippen molar-refractivity contribution in [1.82, 2.24) is 4.31 Å². The zero-order chi connectivity index (χ0) is 15.2. The fourth-order valence-electron chi connectivity index (χ4n) is 1.90. The lowest BCUT2D eigenvalue weighted by molar-refractivity contribution is 0.397. The van der Waals surface area contributed by atoms with Gasteiger partial charge in [0.25, 0.3) is 0 Å². The Kier molecular flexibility index (Phi) is 6.79. The average molecular weight is 320 g/mol. The molecule has 0 aliphatic carbocycles. The molecule has 20 heavy (non-hydrogen) atoms. The van der Waals surface area contributed by atoms with Crippen LogP contribution >= 0.6 is 11.6 Å². The van der Waals surface area contributed by atoms with Gasteiger partial charge in [0.15, 0.2) is 0 Å². The molecule has 0 saturated carbocycles. The molecule has 0 radical (unpaired) electrons. The highest BCUT2D eigenvalue weighted by molar-refractivity contribution is 7.89. The Balaban J connectivity index is 2.79. The molecule has 0 amide bonds. The van der Waals surface area contributed by atoms with Crippen molar-refractivity contribution in [3.63, 3.8) is 0 Å². The van der Waals surface area contributed by atoms with Gasteiger partial charge in [-0.25, -0.2) is 12.7 Å². The Morgan fingerprint density at radius 3 is 2.60 bits per heavy atom. The summed E-state index contributed by atoms with van der Waals surface area (Å²) in [6, 6.07) is 5.75. The van der Waals surface area contributed by atoms with Crippen LogP contribution in [0.2, 0.25) is 0 Å². The third-order valence-corrected chi connectivity index (χ3v) is 5.24. The summed E-state index contributed by atoms with van der Waals surface area (Å²) < 4.78 is 30.9. The van der Waals surface area contributed by atoms with Crippen molar-refractivity contribution < 1.29 is 13.2 Å². The van der Waals surface area contributed by atoms with Gasteiger partial charge in [0.1, 0.15) is 5.75 Å². The molecular formula is C14H22ClNO3S. The van der Waals surface area contributed by atoms with Crippen molar-refractivity contribution in [2.45, 2.75) is 26.3 Å². The molecule has 0 aromatic heterocycles. The van der Waals surface area contributed by atoms with Gasteiger partial charge in [-0.1, -0.05) is 17.7 Å². The SMILES string of the molecule is COc1ccc(C)cc1CN(C)S(=O)(=O)CCCCCl. The summed E-state index contributed by atoms with van der Waals surface area (Å²) in [5, 5.41) is 0. The van der Waals surface area contributed by atoms with Crippen molar-refractivity contribution in [2.75, 3.05) is 25.8 Å². The number of rotatable bonds is 8. The molecule has 1 aromatic carbocycles. The normalized spacial score (nSPS) is 11.8. The van der Waals surface area contributed by atoms with Gasteiger partial charge in [-0.3, -0.25) is 0 Å². The molecular weight excluding hydrogens is 298 g/mol. The van der Waals surface area contributed by atoms with Crippen LogP contribution < -0.4 is 4.74 Å². The van der Waals surface area contributed by atoms with E-state index in [1.807, 2.05) is 25.1 Å². The van der Waals surface area contributed by atoms with Gasteiger partial charge in [0.2, 0.25) is 10.0 Å². The molecule has 0 saturated heterocycles. The second-order valence-electron chi connectivity index (χ2n) is 4.78. The lowest BCUT2D eigenvalue weighted by Crippen LogP contribution is -2.29. The molecule has 0 atom stereocenters. The molecule has 114 valence electrons. The lowest BCUT2D eigenvalue weighted by Gasteiger charge is -2.19. The summed E-state index contributed by atoms with van der Waals surface area (Å²) in [5.41, 5.74) is 1.95. The molecule has 1 aromatic rings. The summed E-state index contributed by atoms with van der Waals surface area (Å²) in [6.07, 6.45) is 1.30. The molecule has 0 heterocycles. The zero-order valence-electron chi connectivity index (χ0n) is 12.2. The van der Waals surface area contributed by atoms with E-state index in [1.165, 1.54) is 4.31 Å². The summed E-state index contributed by atoms with van der Waals surface area (Å²) >= 11 is 5.57. The standard InChI is InChI=1S/C14H22ClNO3S/c1-12-6-7-14(19-3)13(10-12)11-16(2)20(17,18)9-5-4-8-15/h6-7,10H,4-5,8-9,11H2,1-3H3. The van der Waals surface area contributed by atoms with Gasteiger partial charge in [0.05, 0.1) is 12.9 Å². The van der Waals surface area contributed by atoms with Crippen molar-refractivity contribution in [3.8, 4) is 5.75 Å². The Labute approximate surface area is 126 Å². The molecule has 0 bridgehead atoms. The summed E-state index contributed by atoms with van der Waals surface area (Å²) in [4.78, 5) is 0. The van der Waals surface area contributed by atoms with Crippen LogP contribution in [-0.4, -0.2) is 38.5 Å². The van der Waals surface area contributed by atoms with Crippen molar-refractivity contribution in [2.24, 2.45) is 0 Å². The second kappa shape index (κ2) is 7.86. The minimum absolute atomic E-state index is 0.129. The highest BCUT2D eigenvalue weighted by Crippen LogP contribution is 2.22. The van der Waals surface area contributed by atoms with Crippen LogP contribution in [0.25, 0.3) is 0 Å². The van der Waals surface area contributed by atoms with E-state index in [9.17, 15) is 8.42 Å². The number of halogens is 1. The predicted molar refractivity (Wildman–Crippen MR) is 82.9 cm³/mol. The van der Waals surface area contributed by atoms with E-state index < -0.39 is 10.0 Å². The number of ether oxygens (including phenoxy) is 1. The smallest absolute Gasteiger partial charge is 0.214 e. The van der Waals surface area contributed by atoms with Gasteiger partial charge in [-0.15, -0.1) is 11.6 Å². The van der Waals surface area contributed by atoms with Gasteiger partial charge in [0, 0.05) is 25.0 Å². The monoisotopic (exact) mass is 319 g/mol. The second-order valence-corrected chi connectivity index (χ2v) is 7.36. The number of methoxy groups -OCH3 is 1. The predicted octanol–water partition coefficient (Wildman–Crippen LogP) is 2.78. The third kappa shape index (κ3) is 4.96. The number of aryl methyl sites for hydroxylation is 1. The maximum atomic E-state index is 12.1. The van der Waals surface area contributed by atoms with Gasteiger partial charge < -0.3 is 4.74 Å². The van der Waals surface area contributed by atoms with Crippen LogP contribution in [0.3, 0.4) is 0 Å². The zero-order valence-corrected chi connectivity index (χ0v) is 13.8. The first kappa shape index (κ1) is 17.3. The fraction of sp³-hybridized carbons (Fsp3) is 0.571. The number of unbranched alkanes of at least 4 members (excludes halogenated alkanes) is 1. The molecule has 6 heteroatoms. The number of hydrogen-bond donors (Lipinski definition) is 0. The van der Waals surface area contributed by atoms with Gasteiger partial charge >= 0.3 is 0 Å². The largest absolute Gasteiger partial charge is 0.496 e. The van der Waals surface area contributed by atoms with Crippen molar-refractivity contribution in [3.05, 3.63) is 29.3 Å². The summed E-state index contributed by atoms with van der Waals surface area (Å²) in [7, 11) is -0.0679. The first-order valence-corrected chi connectivity index (χ1v) is 8.68. The van der Waals surface area contributed by atoms with Crippen molar-refractivity contribution in [1.29, 1.82) is 0 Å². The number of hydrogen-bond acceptors (Lipinski definition) is 3. The van der Waals surface area contributed by atoms with Crippen molar-refractivity contribution >= 4 is 21.6 Å². The van der Waals surface area contributed by atoms with Crippen LogP contribution in [-0.2, 0) is 16.6 Å². The molecule has 0 unspecified atom stereocenters. The summed E-state index contributed by atoms with van der Waals surface area (Å²) in [6.45, 7) is 2.28. The maximum absolute atomic E-state index is 12.1. The highest BCUT2D eigenvalue weighted by atomic mass is 35.5. The van der Waals surface area contributed by atoms with E-state index in [4.69, 9.17) is 16.3 Å². The molecule has 0 N–H and O–H groups in total. The topological polar surface area (TPSA) is 46.6 Å².